The average molecular weight is 427 g/mol. The molecule has 0 aliphatic rings. The van der Waals surface area contributed by atoms with Crippen LogP contribution in [0.1, 0.15) is 10.4 Å². The van der Waals surface area contributed by atoms with Crippen molar-refractivity contribution in [3.63, 3.8) is 0 Å². The number of rotatable bonds is 8. The molecule has 0 bridgehead atoms. The monoisotopic (exact) mass is 427 g/mol. The Labute approximate surface area is 184 Å². The zero-order valence-electron chi connectivity index (χ0n) is 17.2. The van der Waals surface area contributed by atoms with Crippen LogP contribution >= 0.6 is 0 Å². The molecule has 0 radical (unpaired) electrons. The summed E-state index contributed by atoms with van der Waals surface area (Å²) in [6, 6.07) is 27.6. The third-order valence-electron chi connectivity index (χ3n) is 5.03. The second-order valence-corrected chi connectivity index (χ2v) is 7.36. The first-order chi connectivity index (χ1) is 15.7. The number of carbonyl (C=O) groups excluding carboxylic acids is 1. The van der Waals surface area contributed by atoms with Crippen LogP contribution in [0.3, 0.4) is 0 Å². The summed E-state index contributed by atoms with van der Waals surface area (Å²) >= 11 is 0. The predicted octanol–water partition coefficient (Wildman–Crippen LogP) is 5.44. The van der Waals surface area contributed by atoms with Gasteiger partial charge in [-0.2, -0.15) is 0 Å². The highest BCUT2D eigenvalue weighted by Gasteiger charge is 2.18. The van der Waals surface area contributed by atoms with Gasteiger partial charge in [-0.25, -0.2) is 0 Å². The summed E-state index contributed by atoms with van der Waals surface area (Å²) < 4.78 is 23.1. The first kappa shape index (κ1) is 19.8. The largest absolute Gasteiger partial charge is 0.463 e. The van der Waals surface area contributed by atoms with Gasteiger partial charge in [0.2, 0.25) is 0 Å². The number of para-hydroxylation sites is 2. The van der Waals surface area contributed by atoms with Gasteiger partial charge in [0.1, 0.15) is 24.4 Å². The fourth-order valence-electron chi connectivity index (χ4n) is 3.41. The third-order valence-corrected chi connectivity index (χ3v) is 5.03. The van der Waals surface area contributed by atoms with Gasteiger partial charge in [0, 0.05) is 28.5 Å². The van der Waals surface area contributed by atoms with Crippen LogP contribution in [0, 0.1) is 0 Å². The highest BCUT2D eigenvalue weighted by Crippen LogP contribution is 2.26. The Morgan fingerprint density at radius 2 is 1.22 bits per heavy atom. The molecule has 32 heavy (non-hydrogen) atoms. The Morgan fingerprint density at radius 3 is 1.75 bits per heavy atom. The van der Waals surface area contributed by atoms with Crippen molar-refractivity contribution in [2.24, 2.45) is 0 Å². The number of fused-ring (bicyclic) bond motifs is 2. The molecule has 0 aliphatic heterocycles. The van der Waals surface area contributed by atoms with E-state index in [2.05, 4.69) is 5.32 Å². The fraction of sp³-hybridized carbons (Fsp3) is 0.115. The normalized spacial score (nSPS) is 11.2. The second-order valence-electron chi connectivity index (χ2n) is 7.36. The molecule has 1 amide bonds. The highest BCUT2D eigenvalue weighted by molar-refractivity contribution is 5.94. The summed E-state index contributed by atoms with van der Waals surface area (Å²) in [4.78, 5) is 12.7. The minimum atomic E-state index is -0.441. The maximum absolute atomic E-state index is 12.7. The first-order valence-corrected chi connectivity index (χ1v) is 10.3. The predicted molar refractivity (Wildman–Crippen MR) is 121 cm³/mol. The standard InChI is InChI=1S/C26H21NO5/c28-26(18-8-2-1-3-9-18)27-21(16-29-24-14-19-10-4-6-12-22(19)31-24)17-30-25-15-20-11-5-7-13-23(20)32-25/h1-15,21H,16-17H2,(H,27,28). The number of hydrogen-bond donors (Lipinski definition) is 1. The van der Waals surface area contributed by atoms with E-state index in [0.29, 0.717) is 17.5 Å². The Bertz CT molecular complexity index is 1190. The number of benzene rings is 3. The Hall–Kier alpha value is -4.19. The molecule has 160 valence electrons. The molecule has 0 saturated carbocycles. The van der Waals surface area contributed by atoms with E-state index >= 15 is 0 Å². The van der Waals surface area contributed by atoms with E-state index in [9.17, 15) is 4.79 Å². The van der Waals surface area contributed by atoms with E-state index in [1.807, 2.05) is 78.9 Å². The molecule has 3 aromatic carbocycles. The van der Waals surface area contributed by atoms with Crippen LogP contribution in [0.2, 0.25) is 0 Å². The lowest BCUT2D eigenvalue weighted by Crippen LogP contribution is -2.43. The molecule has 2 heterocycles. The number of carbonyl (C=O) groups is 1. The minimum absolute atomic E-state index is 0.165. The minimum Gasteiger partial charge on any atom is -0.463 e. The van der Waals surface area contributed by atoms with Crippen molar-refractivity contribution in [1.82, 2.24) is 5.32 Å². The Kier molecular flexibility index (Phi) is 5.49. The number of nitrogens with one attached hydrogen (secondary N) is 1. The molecule has 0 atom stereocenters. The van der Waals surface area contributed by atoms with Crippen molar-refractivity contribution < 1.29 is 23.1 Å². The van der Waals surface area contributed by atoms with Crippen molar-refractivity contribution in [3.8, 4) is 11.9 Å². The van der Waals surface area contributed by atoms with Crippen molar-refractivity contribution in [2.75, 3.05) is 13.2 Å². The second kappa shape index (κ2) is 8.89. The molecular weight excluding hydrogens is 406 g/mol. The van der Waals surface area contributed by atoms with Gasteiger partial charge in [-0.3, -0.25) is 4.79 Å². The molecule has 0 fully saturated rings. The van der Waals surface area contributed by atoms with E-state index in [1.165, 1.54) is 0 Å². The van der Waals surface area contributed by atoms with Gasteiger partial charge < -0.3 is 23.6 Å². The molecule has 5 aromatic rings. The molecule has 0 aliphatic carbocycles. The number of hydrogen-bond acceptors (Lipinski definition) is 5. The lowest BCUT2D eigenvalue weighted by molar-refractivity contribution is 0.0877. The van der Waals surface area contributed by atoms with E-state index in [4.69, 9.17) is 18.3 Å². The summed E-state index contributed by atoms with van der Waals surface area (Å²) in [6.07, 6.45) is 0. The lowest BCUT2D eigenvalue weighted by Gasteiger charge is -2.18. The maximum Gasteiger partial charge on any atom is 0.285 e. The van der Waals surface area contributed by atoms with E-state index < -0.39 is 6.04 Å². The Balaban J connectivity index is 1.29. The fourth-order valence-corrected chi connectivity index (χ4v) is 3.41. The van der Waals surface area contributed by atoms with Crippen LogP contribution in [0.25, 0.3) is 21.9 Å². The van der Waals surface area contributed by atoms with Crippen LogP contribution < -0.4 is 14.8 Å². The third kappa shape index (κ3) is 4.44. The van der Waals surface area contributed by atoms with Gasteiger partial charge in [0.25, 0.3) is 17.8 Å². The molecule has 6 nitrogen and oxygen atoms in total. The topological polar surface area (TPSA) is 73.8 Å². The number of furan rings is 2. The van der Waals surface area contributed by atoms with Crippen LogP contribution in [-0.4, -0.2) is 25.2 Å². The lowest BCUT2D eigenvalue weighted by atomic mass is 10.2. The maximum atomic E-state index is 12.7. The van der Waals surface area contributed by atoms with Crippen molar-refractivity contribution in [1.29, 1.82) is 0 Å². The van der Waals surface area contributed by atoms with Gasteiger partial charge in [-0.1, -0.05) is 54.6 Å². The van der Waals surface area contributed by atoms with Crippen LogP contribution in [0.4, 0.5) is 0 Å². The summed E-state index contributed by atoms with van der Waals surface area (Å²) in [5.74, 6) is 0.555. The molecule has 0 saturated heterocycles. The molecule has 0 unspecified atom stereocenters. The molecule has 5 rings (SSSR count). The van der Waals surface area contributed by atoms with Crippen LogP contribution in [0.15, 0.2) is 99.8 Å². The highest BCUT2D eigenvalue weighted by atomic mass is 16.6. The van der Waals surface area contributed by atoms with Gasteiger partial charge in [0.15, 0.2) is 0 Å². The SMILES string of the molecule is O=C(NC(COc1cc2ccccc2o1)COc1cc2ccccc2o1)c1ccccc1. The summed E-state index contributed by atoms with van der Waals surface area (Å²) in [6.45, 7) is 0.331. The van der Waals surface area contributed by atoms with Crippen molar-refractivity contribution in [2.45, 2.75) is 6.04 Å². The smallest absolute Gasteiger partial charge is 0.285 e. The zero-order chi connectivity index (χ0) is 21.8. The van der Waals surface area contributed by atoms with Crippen molar-refractivity contribution in [3.05, 3.63) is 96.6 Å². The van der Waals surface area contributed by atoms with Gasteiger partial charge >= 0.3 is 0 Å². The van der Waals surface area contributed by atoms with Gasteiger partial charge in [0.05, 0.1) is 6.04 Å². The van der Waals surface area contributed by atoms with Crippen molar-refractivity contribution >= 4 is 27.8 Å². The summed E-state index contributed by atoms with van der Waals surface area (Å²) in [7, 11) is 0. The van der Waals surface area contributed by atoms with E-state index in [-0.39, 0.29) is 19.1 Å². The molecule has 2 aromatic heterocycles. The van der Waals surface area contributed by atoms with Crippen LogP contribution in [-0.2, 0) is 0 Å². The first-order valence-electron chi connectivity index (χ1n) is 10.3. The van der Waals surface area contributed by atoms with Crippen LogP contribution in [0.5, 0.6) is 11.9 Å². The van der Waals surface area contributed by atoms with Gasteiger partial charge in [-0.15, -0.1) is 0 Å². The number of ether oxygens (including phenoxy) is 2. The molecule has 6 heteroatoms. The summed E-state index contributed by atoms with van der Waals surface area (Å²) in [5.41, 5.74) is 2.04. The molecule has 1 N–H and O–H groups in total. The average Bonchev–Trinajstić information content (AvgIpc) is 3.44. The summed E-state index contributed by atoms with van der Waals surface area (Å²) in [5, 5.41) is 4.87. The number of amides is 1. The zero-order valence-corrected chi connectivity index (χ0v) is 17.2. The van der Waals surface area contributed by atoms with Gasteiger partial charge in [-0.05, 0) is 24.3 Å². The quantitative estimate of drug-likeness (QED) is 0.357. The van der Waals surface area contributed by atoms with E-state index in [1.54, 1.807) is 12.1 Å². The molecule has 0 spiro atoms. The Morgan fingerprint density at radius 1 is 0.719 bits per heavy atom. The van der Waals surface area contributed by atoms with E-state index in [0.717, 1.165) is 21.9 Å². The molecular formula is C26H21NO5.